The van der Waals surface area contributed by atoms with Gasteiger partial charge in [-0.05, 0) is 32.3 Å². The smallest absolute Gasteiger partial charge is 0.0476 e. The fourth-order valence-corrected chi connectivity index (χ4v) is 3.89. The lowest BCUT2D eigenvalue weighted by atomic mass is 9.88. The molecule has 0 radical (unpaired) electrons. The van der Waals surface area contributed by atoms with Crippen molar-refractivity contribution in [2.45, 2.75) is 63.6 Å². The summed E-state index contributed by atoms with van der Waals surface area (Å²) in [7, 11) is 0. The van der Waals surface area contributed by atoms with Gasteiger partial charge in [-0.2, -0.15) is 0 Å². The minimum atomic E-state index is 0.239. The highest BCUT2D eigenvalue weighted by Crippen LogP contribution is 2.33. The van der Waals surface area contributed by atoms with Crippen molar-refractivity contribution in [1.82, 2.24) is 10.2 Å². The molecule has 1 aliphatic heterocycles. The zero-order valence-electron chi connectivity index (χ0n) is 12.9. The molecular formula is C18H28N2. The highest BCUT2D eigenvalue weighted by atomic mass is 15.3. The molecule has 20 heavy (non-hydrogen) atoms. The summed E-state index contributed by atoms with van der Waals surface area (Å²) in [5, 5.41) is 3.73. The lowest BCUT2D eigenvalue weighted by molar-refractivity contribution is 0.0373. The first-order valence-electron chi connectivity index (χ1n) is 8.21. The molecule has 2 heteroatoms. The fourth-order valence-electron chi connectivity index (χ4n) is 3.89. The molecule has 0 amide bonds. The van der Waals surface area contributed by atoms with Crippen LogP contribution in [0.25, 0.3) is 0 Å². The molecule has 2 fully saturated rings. The molecule has 3 rings (SSSR count). The van der Waals surface area contributed by atoms with E-state index in [1.54, 1.807) is 0 Å². The molecular weight excluding hydrogens is 244 g/mol. The van der Waals surface area contributed by atoms with Gasteiger partial charge in [0, 0.05) is 30.7 Å². The summed E-state index contributed by atoms with van der Waals surface area (Å²) in [6.45, 7) is 6.92. The average molecular weight is 272 g/mol. The molecule has 1 aromatic rings. The van der Waals surface area contributed by atoms with E-state index in [0.717, 1.165) is 19.1 Å². The van der Waals surface area contributed by atoms with Gasteiger partial charge in [0.1, 0.15) is 0 Å². The molecule has 1 aliphatic carbocycles. The third-order valence-corrected chi connectivity index (χ3v) is 4.98. The van der Waals surface area contributed by atoms with Gasteiger partial charge in [0.2, 0.25) is 0 Å². The molecule has 0 bridgehead atoms. The van der Waals surface area contributed by atoms with Crippen LogP contribution in [0.2, 0.25) is 0 Å². The predicted molar refractivity (Wildman–Crippen MR) is 84.8 cm³/mol. The van der Waals surface area contributed by atoms with Gasteiger partial charge >= 0.3 is 0 Å². The molecule has 0 spiro atoms. The van der Waals surface area contributed by atoms with E-state index in [9.17, 15) is 0 Å². The zero-order chi connectivity index (χ0) is 14.0. The van der Waals surface area contributed by atoms with Gasteiger partial charge in [-0.1, -0.05) is 49.6 Å². The molecule has 1 unspecified atom stereocenters. The molecule has 1 saturated carbocycles. The lowest BCUT2D eigenvalue weighted by Crippen LogP contribution is -2.60. The van der Waals surface area contributed by atoms with Crippen LogP contribution in [0.4, 0.5) is 0 Å². The van der Waals surface area contributed by atoms with Gasteiger partial charge < -0.3 is 5.32 Å². The van der Waals surface area contributed by atoms with Gasteiger partial charge in [0.15, 0.2) is 0 Å². The van der Waals surface area contributed by atoms with E-state index in [1.807, 2.05) is 0 Å². The van der Waals surface area contributed by atoms with Crippen LogP contribution in [0, 0.1) is 0 Å². The second-order valence-electron chi connectivity index (χ2n) is 7.16. The summed E-state index contributed by atoms with van der Waals surface area (Å²) in [5.74, 6) is 0. The minimum absolute atomic E-state index is 0.239. The van der Waals surface area contributed by atoms with Crippen molar-refractivity contribution in [3.8, 4) is 0 Å². The molecule has 1 aromatic carbocycles. The van der Waals surface area contributed by atoms with Gasteiger partial charge in [-0.15, -0.1) is 0 Å². The maximum absolute atomic E-state index is 3.73. The first kappa shape index (κ1) is 14.1. The van der Waals surface area contributed by atoms with E-state index in [-0.39, 0.29) is 5.54 Å². The van der Waals surface area contributed by atoms with Gasteiger partial charge in [-0.3, -0.25) is 4.90 Å². The number of hydrogen-bond donors (Lipinski definition) is 1. The zero-order valence-corrected chi connectivity index (χ0v) is 12.9. The monoisotopic (exact) mass is 272 g/mol. The van der Waals surface area contributed by atoms with E-state index in [1.165, 1.54) is 37.7 Å². The van der Waals surface area contributed by atoms with Crippen molar-refractivity contribution in [3.63, 3.8) is 0 Å². The van der Waals surface area contributed by atoms with Crippen molar-refractivity contribution >= 4 is 0 Å². The quantitative estimate of drug-likeness (QED) is 0.882. The normalized spacial score (nSPS) is 28.4. The van der Waals surface area contributed by atoms with Crippen LogP contribution in [0.15, 0.2) is 30.3 Å². The minimum Gasteiger partial charge on any atom is -0.309 e. The Kier molecular flexibility index (Phi) is 4.13. The Morgan fingerprint density at radius 3 is 2.45 bits per heavy atom. The van der Waals surface area contributed by atoms with Crippen molar-refractivity contribution in [3.05, 3.63) is 35.9 Å². The summed E-state index contributed by atoms with van der Waals surface area (Å²) in [4.78, 5) is 2.80. The molecule has 1 N–H and O–H groups in total. The van der Waals surface area contributed by atoms with Crippen LogP contribution in [0.3, 0.4) is 0 Å². The van der Waals surface area contributed by atoms with Crippen molar-refractivity contribution in [1.29, 1.82) is 0 Å². The number of piperazine rings is 1. The largest absolute Gasteiger partial charge is 0.309 e. The Morgan fingerprint density at radius 2 is 1.75 bits per heavy atom. The first-order valence-corrected chi connectivity index (χ1v) is 8.21. The van der Waals surface area contributed by atoms with Crippen LogP contribution in [-0.4, -0.2) is 29.6 Å². The number of nitrogens with zero attached hydrogens (tertiary/aromatic N) is 1. The number of hydrogen-bond acceptors (Lipinski definition) is 2. The lowest BCUT2D eigenvalue weighted by Gasteiger charge is -2.49. The number of rotatable bonds is 2. The molecule has 1 saturated heterocycles. The Hall–Kier alpha value is -0.860. The summed E-state index contributed by atoms with van der Waals surface area (Å²) in [6.07, 6.45) is 7.04. The van der Waals surface area contributed by atoms with Crippen LogP contribution in [0.1, 0.15) is 57.6 Å². The third kappa shape index (κ3) is 3.07. The van der Waals surface area contributed by atoms with Gasteiger partial charge in [-0.25, -0.2) is 0 Å². The van der Waals surface area contributed by atoms with Crippen molar-refractivity contribution in [2.75, 3.05) is 13.1 Å². The second kappa shape index (κ2) is 5.87. The van der Waals surface area contributed by atoms with Gasteiger partial charge in [0.05, 0.1) is 0 Å². The van der Waals surface area contributed by atoms with E-state index in [4.69, 9.17) is 0 Å². The molecule has 2 aliphatic rings. The first-order chi connectivity index (χ1) is 9.66. The highest BCUT2D eigenvalue weighted by molar-refractivity contribution is 5.21. The highest BCUT2D eigenvalue weighted by Gasteiger charge is 2.37. The SMILES string of the molecule is CC1(C)CN(C2CCCCC2)C(c2ccccc2)CN1. The molecule has 2 nitrogen and oxygen atoms in total. The standard InChI is InChI=1S/C18H28N2/c1-18(2)14-20(16-11-7-4-8-12-16)17(13-19-18)15-9-5-3-6-10-15/h3,5-6,9-10,16-17,19H,4,7-8,11-14H2,1-2H3. The summed E-state index contributed by atoms with van der Waals surface area (Å²) < 4.78 is 0. The topological polar surface area (TPSA) is 15.3 Å². The molecule has 0 aromatic heterocycles. The fraction of sp³-hybridized carbons (Fsp3) is 0.667. The van der Waals surface area contributed by atoms with Crippen LogP contribution >= 0.6 is 0 Å². The number of benzene rings is 1. The predicted octanol–water partition coefficient (Wildman–Crippen LogP) is 3.74. The van der Waals surface area contributed by atoms with Crippen molar-refractivity contribution < 1.29 is 0 Å². The maximum atomic E-state index is 3.73. The Bertz CT molecular complexity index is 420. The average Bonchev–Trinajstić information content (AvgIpc) is 2.48. The Balaban J connectivity index is 1.83. The van der Waals surface area contributed by atoms with Gasteiger partial charge in [0.25, 0.3) is 0 Å². The Morgan fingerprint density at radius 1 is 1.05 bits per heavy atom. The second-order valence-corrected chi connectivity index (χ2v) is 7.16. The van der Waals surface area contributed by atoms with Crippen LogP contribution < -0.4 is 5.32 Å². The van der Waals surface area contributed by atoms with E-state index in [0.29, 0.717) is 6.04 Å². The summed E-state index contributed by atoms with van der Waals surface area (Å²) in [5.41, 5.74) is 1.71. The van der Waals surface area contributed by atoms with E-state index >= 15 is 0 Å². The Labute approximate surface area is 123 Å². The summed E-state index contributed by atoms with van der Waals surface area (Å²) in [6, 6.07) is 12.4. The van der Waals surface area contributed by atoms with E-state index < -0.39 is 0 Å². The molecule has 110 valence electrons. The van der Waals surface area contributed by atoms with Crippen molar-refractivity contribution in [2.24, 2.45) is 0 Å². The third-order valence-electron chi connectivity index (χ3n) is 4.98. The molecule has 1 heterocycles. The number of nitrogens with one attached hydrogen (secondary N) is 1. The van der Waals surface area contributed by atoms with E-state index in [2.05, 4.69) is 54.4 Å². The maximum Gasteiger partial charge on any atom is 0.0476 e. The summed E-state index contributed by atoms with van der Waals surface area (Å²) >= 11 is 0. The van der Waals surface area contributed by atoms with Crippen LogP contribution in [-0.2, 0) is 0 Å². The van der Waals surface area contributed by atoms with Crippen LogP contribution in [0.5, 0.6) is 0 Å². The molecule has 1 atom stereocenters.